The van der Waals surface area contributed by atoms with Gasteiger partial charge in [0, 0.05) is 17.1 Å². The summed E-state index contributed by atoms with van der Waals surface area (Å²) in [4.78, 5) is 23.0. The molecule has 1 amide bonds. The Morgan fingerprint density at radius 3 is 2.67 bits per heavy atom. The fourth-order valence-corrected chi connectivity index (χ4v) is 2.13. The molecule has 0 saturated heterocycles. The Morgan fingerprint density at radius 2 is 2.11 bits per heavy atom. The molecule has 1 atom stereocenters. The summed E-state index contributed by atoms with van der Waals surface area (Å²) in [6.45, 7) is 2.08. The first kappa shape index (κ1) is 15.2. The molecular weight excluding hydrogens is 368 g/mol. The highest BCUT2D eigenvalue weighted by Crippen LogP contribution is 2.14. The van der Waals surface area contributed by atoms with Crippen molar-refractivity contribution in [2.24, 2.45) is 0 Å². The quantitative estimate of drug-likeness (QED) is 0.495. The maximum Gasteiger partial charge on any atom is 0.320 e. The van der Waals surface area contributed by atoms with Crippen LogP contribution in [0.2, 0.25) is 5.02 Å². The van der Waals surface area contributed by atoms with Crippen LogP contribution < -0.4 is 5.32 Å². The van der Waals surface area contributed by atoms with E-state index in [-0.39, 0.29) is 18.4 Å². The van der Waals surface area contributed by atoms with Gasteiger partial charge in [-0.1, -0.05) is 34.2 Å². The average Bonchev–Trinajstić information content (AvgIpc) is 2.33. The molecule has 6 heteroatoms. The number of hydrogen-bond acceptors (Lipinski definition) is 3. The fraction of sp³-hybridized carbons (Fsp3) is 0.333. The molecule has 0 aromatic heterocycles. The smallest absolute Gasteiger partial charge is 0.320 e. The third-order valence-corrected chi connectivity index (χ3v) is 3.37. The van der Waals surface area contributed by atoms with E-state index >= 15 is 0 Å². The van der Waals surface area contributed by atoms with Crippen LogP contribution in [0.3, 0.4) is 0 Å². The molecule has 0 spiro atoms. The van der Waals surface area contributed by atoms with Crippen molar-refractivity contribution >= 4 is 46.1 Å². The monoisotopic (exact) mass is 381 g/mol. The van der Waals surface area contributed by atoms with E-state index in [0.29, 0.717) is 10.6 Å². The van der Waals surface area contributed by atoms with E-state index in [1.165, 1.54) is 7.11 Å². The zero-order valence-electron chi connectivity index (χ0n) is 10.00. The summed E-state index contributed by atoms with van der Waals surface area (Å²) in [6.07, 6.45) is 0. The largest absolute Gasteiger partial charge is 0.468 e. The molecule has 18 heavy (non-hydrogen) atoms. The molecule has 1 unspecified atom stereocenters. The van der Waals surface area contributed by atoms with Gasteiger partial charge in [-0.3, -0.25) is 9.59 Å². The van der Waals surface area contributed by atoms with Gasteiger partial charge in [0.05, 0.1) is 7.11 Å². The van der Waals surface area contributed by atoms with E-state index in [0.717, 1.165) is 5.56 Å². The number of hydrogen-bond donors (Lipinski definition) is 1. The lowest BCUT2D eigenvalue weighted by atomic mass is 10.1. The van der Waals surface area contributed by atoms with Gasteiger partial charge in [-0.05, 0) is 30.7 Å². The van der Waals surface area contributed by atoms with Gasteiger partial charge in [-0.25, -0.2) is 0 Å². The first-order chi connectivity index (χ1) is 8.43. The maximum absolute atomic E-state index is 11.8. The number of amides is 1. The Balaban J connectivity index is 2.63. The topological polar surface area (TPSA) is 55.4 Å². The Morgan fingerprint density at radius 1 is 1.44 bits per heavy atom. The Hall–Kier alpha value is -0.820. The SMILES string of the molecule is COC(=O)C(I)CNC(=O)c1cc(C)cc(Cl)c1. The van der Waals surface area contributed by atoms with Crippen molar-refractivity contribution < 1.29 is 14.3 Å². The van der Waals surface area contributed by atoms with Gasteiger partial charge in [0.15, 0.2) is 0 Å². The van der Waals surface area contributed by atoms with Crippen LogP contribution in [0.25, 0.3) is 0 Å². The molecule has 0 aliphatic heterocycles. The zero-order valence-corrected chi connectivity index (χ0v) is 12.9. The van der Waals surface area contributed by atoms with Crippen LogP contribution in [0.15, 0.2) is 18.2 Å². The Labute approximate surface area is 124 Å². The van der Waals surface area contributed by atoms with Crippen molar-refractivity contribution in [3.8, 4) is 0 Å². The lowest BCUT2D eigenvalue weighted by Crippen LogP contribution is -2.33. The van der Waals surface area contributed by atoms with Crippen LogP contribution in [0.5, 0.6) is 0 Å². The third-order valence-electron chi connectivity index (χ3n) is 2.20. The highest BCUT2D eigenvalue weighted by atomic mass is 127. The minimum Gasteiger partial charge on any atom is -0.468 e. The van der Waals surface area contributed by atoms with Crippen LogP contribution in [0.1, 0.15) is 15.9 Å². The normalized spacial score (nSPS) is 11.8. The maximum atomic E-state index is 11.8. The highest BCUT2D eigenvalue weighted by Gasteiger charge is 2.16. The van der Waals surface area contributed by atoms with Crippen LogP contribution >= 0.6 is 34.2 Å². The van der Waals surface area contributed by atoms with Crippen LogP contribution in [-0.4, -0.2) is 29.5 Å². The zero-order chi connectivity index (χ0) is 13.7. The first-order valence-corrected chi connectivity index (χ1v) is 6.83. The second-order valence-corrected chi connectivity index (χ2v) is 5.66. The molecule has 4 nitrogen and oxygen atoms in total. The summed E-state index contributed by atoms with van der Waals surface area (Å²) >= 11 is 7.79. The lowest BCUT2D eigenvalue weighted by Gasteiger charge is -2.10. The van der Waals surface area contributed by atoms with E-state index in [2.05, 4.69) is 10.1 Å². The van der Waals surface area contributed by atoms with Crippen LogP contribution in [0.4, 0.5) is 0 Å². The number of alkyl halides is 1. The van der Waals surface area contributed by atoms with E-state index in [1.54, 1.807) is 18.2 Å². The predicted octanol–water partition coefficient (Wildman–Crippen LogP) is 2.35. The van der Waals surface area contributed by atoms with Crippen molar-refractivity contribution in [3.63, 3.8) is 0 Å². The van der Waals surface area contributed by atoms with E-state index in [1.807, 2.05) is 29.5 Å². The lowest BCUT2D eigenvalue weighted by molar-refractivity contribution is -0.139. The average molecular weight is 382 g/mol. The first-order valence-electron chi connectivity index (χ1n) is 5.21. The Kier molecular flexibility index (Phi) is 5.87. The molecule has 0 radical (unpaired) electrons. The molecule has 0 bridgehead atoms. The number of nitrogens with one attached hydrogen (secondary N) is 1. The molecule has 1 rings (SSSR count). The predicted molar refractivity (Wildman–Crippen MR) is 78.3 cm³/mol. The number of methoxy groups -OCH3 is 1. The minimum atomic E-state index is -0.406. The van der Waals surface area contributed by atoms with Crippen LogP contribution in [0, 0.1) is 6.92 Å². The number of benzene rings is 1. The summed E-state index contributed by atoms with van der Waals surface area (Å²) in [6, 6.07) is 5.10. The van der Waals surface area contributed by atoms with Crippen LogP contribution in [-0.2, 0) is 9.53 Å². The molecule has 1 aromatic carbocycles. The number of esters is 1. The number of aryl methyl sites for hydroxylation is 1. The second kappa shape index (κ2) is 6.94. The van der Waals surface area contributed by atoms with E-state index in [4.69, 9.17) is 11.6 Å². The third kappa shape index (κ3) is 4.45. The molecule has 0 heterocycles. The van der Waals surface area contributed by atoms with Gasteiger partial charge in [0.1, 0.15) is 3.92 Å². The highest BCUT2D eigenvalue weighted by molar-refractivity contribution is 14.1. The van der Waals surface area contributed by atoms with Crippen molar-refractivity contribution in [1.29, 1.82) is 0 Å². The van der Waals surface area contributed by atoms with Gasteiger partial charge < -0.3 is 10.1 Å². The van der Waals surface area contributed by atoms with Crippen molar-refractivity contribution in [2.75, 3.05) is 13.7 Å². The second-order valence-electron chi connectivity index (χ2n) is 3.72. The number of rotatable bonds is 4. The standard InChI is InChI=1S/C12H13ClINO3/c1-7-3-8(5-9(13)4-7)11(16)15-6-10(14)12(17)18-2/h3-5,10H,6H2,1-2H3,(H,15,16). The summed E-state index contributed by atoms with van der Waals surface area (Å²) in [5, 5.41) is 3.18. The number of ether oxygens (including phenoxy) is 1. The summed E-state index contributed by atoms with van der Waals surface area (Å²) in [5.74, 6) is -0.621. The summed E-state index contributed by atoms with van der Waals surface area (Å²) in [5.41, 5.74) is 1.39. The number of halogens is 2. The minimum absolute atomic E-state index is 0.220. The van der Waals surface area contributed by atoms with E-state index in [9.17, 15) is 9.59 Å². The molecule has 0 aliphatic rings. The molecule has 98 valence electrons. The van der Waals surface area contributed by atoms with Crippen molar-refractivity contribution in [1.82, 2.24) is 5.32 Å². The molecule has 0 saturated carbocycles. The van der Waals surface area contributed by atoms with Gasteiger partial charge in [-0.2, -0.15) is 0 Å². The number of carbonyl (C=O) groups is 2. The van der Waals surface area contributed by atoms with E-state index < -0.39 is 3.92 Å². The van der Waals surface area contributed by atoms with Gasteiger partial charge in [0.2, 0.25) is 0 Å². The van der Waals surface area contributed by atoms with Crippen molar-refractivity contribution in [3.05, 3.63) is 34.3 Å². The summed E-state index contributed by atoms with van der Waals surface area (Å²) < 4.78 is 4.16. The molecule has 0 fully saturated rings. The fourth-order valence-electron chi connectivity index (χ4n) is 1.36. The van der Waals surface area contributed by atoms with Crippen molar-refractivity contribution in [2.45, 2.75) is 10.8 Å². The van der Waals surface area contributed by atoms with Gasteiger partial charge >= 0.3 is 5.97 Å². The number of carbonyl (C=O) groups excluding carboxylic acids is 2. The molecule has 1 N–H and O–H groups in total. The Bertz CT molecular complexity index is 444. The summed E-state index contributed by atoms with van der Waals surface area (Å²) in [7, 11) is 1.32. The van der Waals surface area contributed by atoms with Gasteiger partial charge in [0.25, 0.3) is 5.91 Å². The molecule has 1 aromatic rings. The van der Waals surface area contributed by atoms with Gasteiger partial charge in [-0.15, -0.1) is 0 Å². The molecule has 0 aliphatic carbocycles. The molecular formula is C12H13ClINO3.